The first-order valence-electron chi connectivity index (χ1n) is 7.20. The summed E-state index contributed by atoms with van der Waals surface area (Å²) in [7, 11) is 0. The number of anilines is 2. The average Bonchev–Trinajstić information content (AvgIpc) is 3.02. The first-order valence-corrected chi connectivity index (χ1v) is 7.20. The minimum absolute atomic E-state index is 0.326. The molecule has 0 aliphatic heterocycles. The molecule has 0 aliphatic rings. The average molecular weight is 291 g/mol. The highest BCUT2D eigenvalue weighted by molar-refractivity contribution is 5.36. The van der Waals surface area contributed by atoms with E-state index in [2.05, 4.69) is 32.5 Å². The molecule has 0 saturated carbocycles. The monoisotopic (exact) mass is 291 g/mol. The zero-order valence-corrected chi connectivity index (χ0v) is 12.4. The quantitative estimate of drug-likeness (QED) is 0.734. The second kappa shape index (κ2) is 8.08. The van der Waals surface area contributed by atoms with Gasteiger partial charge >= 0.3 is 6.01 Å². The Kier molecular flexibility index (Phi) is 5.81. The van der Waals surface area contributed by atoms with E-state index >= 15 is 0 Å². The molecule has 0 amide bonds. The smallest absolute Gasteiger partial charge is 0.323 e. The predicted octanol–water partition coefficient (Wildman–Crippen LogP) is 2.69. The van der Waals surface area contributed by atoms with Crippen molar-refractivity contribution in [3.8, 4) is 6.01 Å². The van der Waals surface area contributed by atoms with Crippen LogP contribution in [0, 0.1) is 0 Å². The summed E-state index contributed by atoms with van der Waals surface area (Å²) in [6, 6.07) is 4.06. The fourth-order valence-electron chi connectivity index (χ4n) is 1.59. The highest BCUT2D eigenvalue weighted by Gasteiger charge is 2.07. The lowest BCUT2D eigenvalue weighted by molar-refractivity contribution is 0.292. The highest BCUT2D eigenvalue weighted by Crippen LogP contribution is 2.13. The molecule has 0 aliphatic carbocycles. The Labute approximate surface area is 124 Å². The van der Waals surface area contributed by atoms with Crippen molar-refractivity contribution in [2.75, 3.05) is 23.8 Å². The summed E-state index contributed by atoms with van der Waals surface area (Å²) in [5.41, 5.74) is 0. The molecule has 2 N–H and O–H groups in total. The van der Waals surface area contributed by atoms with Gasteiger partial charge < -0.3 is 19.8 Å². The van der Waals surface area contributed by atoms with E-state index in [1.165, 1.54) is 0 Å². The Morgan fingerprint density at radius 2 is 1.90 bits per heavy atom. The highest BCUT2D eigenvalue weighted by atomic mass is 16.5. The number of furan rings is 1. The van der Waals surface area contributed by atoms with Crippen LogP contribution in [-0.2, 0) is 6.54 Å². The summed E-state index contributed by atoms with van der Waals surface area (Å²) in [6.07, 6.45) is 3.53. The normalized spacial score (nSPS) is 10.4. The van der Waals surface area contributed by atoms with Crippen LogP contribution in [0.2, 0.25) is 0 Å². The van der Waals surface area contributed by atoms with E-state index in [4.69, 9.17) is 9.15 Å². The zero-order chi connectivity index (χ0) is 14.9. The molecule has 0 atom stereocenters. The van der Waals surface area contributed by atoms with E-state index in [1.807, 2.05) is 19.1 Å². The SMILES string of the molecule is CCCNc1nc(NCc2ccco2)nc(OCCC)n1. The largest absolute Gasteiger partial charge is 0.467 e. The van der Waals surface area contributed by atoms with Gasteiger partial charge in [0.1, 0.15) is 5.76 Å². The maximum atomic E-state index is 5.49. The third kappa shape index (κ3) is 4.94. The Balaban J connectivity index is 2.05. The first-order chi connectivity index (χ1) is 10.3. The Hall–Kier alpha value is -2.31. The molecule has 0 aromatic carbocycles. The van der Waals surface area contributed by atoms with Gasteiger partial charge in [-0.25, -0.2) is 0 Å². The molecule has 0 radical (unpaired) electrons. The van der Waals surface area contributed by atoms with Gasteiger partial charge in [-0.3, -0.25) is 0 Å². The fraction of sp³-hybridized carbons (Fsp3) is 0.500. The van der Waals surface area contributed by atoms with Crippen molar-refractivity contribution in [3.05, 3.63) is 24.2 Å². The van der Waals surface area contributed by atoms with Gasteiger partial charge in [0, 0.05) is 6.54 Å². The molecular weight excluding hydrogens is 270 g/mol. The number of aromatic nitrogens is 3. The molecule has 0 unspecified atom stereocenters. The second-order valence-corrected chi connectivity index (χ2v) is 4.47. The molecule has 0 bridgehead atoms. The lowest BCUT2D eigenvalue weighted by atomic mass is 10.4. The third-order valence-corrected chi connectivity index (χ3v) is 2.58. The molecular formula is C14H21N5O2. The van der Waals surface area contributed by atoms with Gasteiger partial charge in [0.15, 0.2) is 0 Å². The molecule has 21 heavy (non-hydrogen) atoms. The van der Waals surface area contributed by atoms with E-state index in [0.29, 0.717) is 31.1 Å². The third-order valence-electron chi connectivity index (χ3n) is 2.58. The van der Waals surface area contributed by atoms with Crippen molar-refractivity contribution in [1.29, 1.82) is 0 Å². The van der Waals surface area contributed by atoms with E-state index < -0.39 is 0 Å². The summed E-state index contributed by atoms with van der Waals surface area (Å²) in [5, 5.41) is 6.24. The lowest BCUT2D eigenvalue weighted by Crippen LogP contribution is -2.11. The van der Waals surface area contributed by atoms with E-state index in [-0.39, 0.29) is 0 Å². The lowest BCUT2D eigenvalue weighted by Gasteiger charge is -2.09. The number of hydrogen-bond donors (Lipinski definition) is 2. The van der Waals surface area contributed by atoms with Crippen LogP contribution in [0.1, 0.15) is 32.4 Å². The van der Waals surface area contributed by atoms with Crippen molar-refractivity contribution in [2.45, 2.75) is 33.2 Å². The summed E-state index contributed by atoms with van der Waals surface area (Å²) in [6.45, 7) is 6.01. The molecule has 2 aromatic heterocycles. The molecule has 0 saturated heterocycles. The van der Waals surface area contributed by atoms with E-state index in [1.54, 1.807) is 6.26 Å². The predicted molar refractivity (Wildman–Crippen MR) is 80.4 cm³/mol. The molecule has 0 fully saturated rings. The van der Waals surface area contributed by atoms with Gasteiger partial charge in [-0.05, 0) is 25.0 Å². The van der Waals surface area contributed by atoms with Gasteiger partial charge in [0.05, 0.1) is 19.4 Å². The van der Waals surface area contributed by atoms with Crippen LogP contribution in [0.3, 0.4) is 0 Å². The number of nitrogens with zero attached hydrogens (tertiary/aromatic N) is 3. The number of ether oxygens (including phenoxy) is 1. The molecule has 0 spiro atoms. The van der Waals surface area contributed by atoms with Crippen LogP contribution in [0.5, 0.6) is 6.01 Å². The van der Waals surface area contributed by atoms with Crippen LogP contribution in [0.15, 0.2) is 22.8 Å². The summed E-state index contributed by atoms with van der Waals surface area (Å²) in [4.78, 5) is 12.8. The number of hydrogen-bond acceptors (Lipinski definition) is 7. The molecule has 114 valence electrons. The van der Waals surface area contributed by atoms with Gasteiger partial charge in [0.25, 0.3) is 0 Å². The zero-order valence-electron chi connectivity index (χ0n) is 12.4. The number of rotatable bonds is 9. The van der Waals surface area contributed by atoms with Crippen LogP contribution in [0.25, 0.3) is 0 Å². The first kappa shape index (κ1) is 15.1. The van der Waals surface area contributed by atoms with Crippen molar-refractivity contribution in [2.24, 2.45) is 0 Å². The molecule has 7 nitrogen and oxygen atoms in total. The van der Waals surface area contributed by atoms with Gasteiger partial charge in [-0.15, -0.1) is 0 Å². The standard InChI is InChI=1S/C14H21N5O2/c1-3-7-15-12-17-13(16-10-11-6-5-9-20-11)19-14(18-12)21-8-4-2/h5-6,9H,3-4,7-8,10H2,1-2H3,(H2,15,16,17,18,19). The van der Waals surface area contributed by atoms with Gasteiger partial charge in [-0.1, -0.05) is 13.8 Å². The minimum atomic E-state index is 0.326. The molecule has 2 heterocycles. The summed E-state index contributed by atoms with van der Waals surface area (Å²) in [5.74, 6) is 1.79. The van der Waals surface area contributed by atoms with Gasteiger partial charge in [-0.2, -0.15) is 15.0 Å². The Morgan fingerprint density at radius 3 is 2.57 bits per heavy atom. The molecule has 2 aromatic rings. The van der Waals surface area contributed by atoms with Crippen LogP contribution < -0.4 is 15.4 Å². The molecule has 2 rings (SSSR count). The second-order valence-electron chi connectivity index (χ2n) is 4.47. The maximum absolute atomic E-state index is 5.49. The molecule has 7 heteroatoms. The Bertz CT molecular complexity index is 504. The van der Waals surface area contributed by atoms with Crippen LogP contribution >= 0.6 is 0 Å². The van der Waals surface area contributed by atoms with E-state index in [9.17, 15) is 0 Å². The Morgan fingerprint density at radius 1 is 1.10 bits per heavy atom. The van der Waals surface area contributed by atoms with Crippen molar-refractivity contribution < 1.29 is 9.15 Å². The van der Waals surface area contributed by atoms with Crippen molar-refractivity contribution >= 4 is 11.9 Å². The van der Waals surface area contributed by atoms with Crippen LogP contribution in [0.4, 0.5) is 11.9 Å². The van der Waals surface area contributed by atoms with E-state index in [0.717, 1.165) is 25.1 Å². The van der Waals surface area contributed by atoms with Crippen molar-refractivity contribution in [1.82, 2.24) is 15.0 Å². The van der Waals surface area contributed by atoms with Gasteiger partial charge in [0.2, 0.25) is 11.9 Å². The minimum Gasteiger partial charge on any atom is -0.467 e. The fourth-order valence-corrected chi connectivity index (χ4v) is 1.59. The van der Waals surface area contributed by atoms with Crippen molar-refractivity contribution in [3.63, 3.8) is 0 Å². The number of nitrogens with one attached hydrogen (secondary N) is 2. The van der Waals surface area contributed by atoms with Crippen LogP contribution in [-0.4, -0.2) is 28.1 Å². The summed E-state index contributed by atoms with van der Waals surface area (Å²) < 4.78 is 10.8. The topological polar surface area (TPSA) is 85.1 Å². The maximum Gasteiger partial charge on any atom is 0.323 e. The summed E-state index contributed by atoms with van der Waals surface area (Å²) >= 11 is 0.